The second kappa shape index (κ2) is 8.15. The topological polar surface area (TPSA) is 105 Å². The Kier molecular flexibility index (Phi) is 5.95. The number of alkyl halides is 3. The van der Waals surface area contributed by atoms with Gasteiger partial charge in [-0.2, -0.15) is 18.2 Å². The summed E-state index contributed by atoms with van der Waals surface area (Å²) < 4.78 is 44.8. The first-order valence-corrected chi connectivity index (χ1v) is 9.81. The molecule has 0 saturated heterocycles. The number of nitrogens with one attached hydrogen (secondary N) is 3. The summed E-state index contributed by atoms with van der Waals surface area (Å²) in [5, 5.41) is 9.62. The largest absolute Gasteiger partial charge is 0.417 e. The van der Waals surface area contributed by atoms with Crippen molar-refractivity contribution in [3.8, 4) is 11.1 Å². The lowest BCUT2D eigenvalue weighted by molar-refractivity contribution is -0.137. The zero-order valence-corrected chi connectivity index (χ0v) is 17.7. The molecule has 30 heavy (non-hydrogen) atoms. The Hall–Kier alpha value is -2.79. The zero-order valence-electron chi connectivity index (χ0n) is 16.8. The van der Waals surface area contributed by atoms with Crippen LogP contribution in [0.2, 0.25) is 0 Å². The summed E-state index contributed by atoms with van der Waals surface area (Å²) in [6.45, 7) is 7.65. The van der Waals surface area contributed by atoms with Gasteiger partial charge in [0.2, 0.25) is 11.9 Å². The van der Waals surface area contributed by atoms with Crippen LogP contribution in [0, 0.1) is 6.92 Å². The van der Waals surface area contributed by atoms with Gasteiger partial charge in [-0.1, -0.05) is 6.07 Å². The fourth-order valence-corrected chi connectivity index (χ4v) is 3.37. The molecule has 0 unspecified atom stereocenters. The number of H-pyrrole nitrogens is 1. The molecule has 5 N–H and O–H groups in total. The first kappa shape index (κ1) is 21.9. The smallest absolute Gasteiger partial charge is 0.368 e. The van der Waals surface area contributed by atoms with Gasteiger partial charge >= 0.3 is 6.18 Å². The minimum absolute atomic E-state index is 0.0619. The van der Waals surface area contributed by atoms with Crippen LogP contribution in [0.1, 0.15) is 31.9 Å². The highest BCUT2D eigenvalue weighted by Crippen LogP contribution is 2.41. The first-order valence-electron chi connectivity index (χ1n) is 8.99. The van der Waals surface area contributed by atoms with Gasteiger partial charge in [0.15, 0.2) is 0 Å². The maximum Gasteiger partial charge on any atom is 0.417 e. The van der Waals surface area contributed by atoms with E-state index in [4.69, 9.17) is 5.73 Å². The molecule has 0 fully saturated rings. The number of aromatic nitrogens is 4. The first-order chi connectivity index (χ1) is 13.9. The van der Waals surface area contributed by atoms with Gasteiger partial charge in [-0.05, 0) is 69.0 Å². The standard InChI is InChI=1S/C19H22F3N7S/c1-10-7-12(25-17-26-16(23)27-28-17)8-13(19(20,21)22)15(10)11-5-6-14(24-9-11)30-29-18(2,3)4/h5-9,29H,1-4H3,(H4,23,25,26,27,28). The number of pyridine rings is 1. The molecule has 2 heterocycles. The van der Waals surface area contributed by atoms with E-state index < -0.39 is 11.7 Å². The van der Waals surface area contributed by atoms with Gasteiger partial charge in [0.05, 0.1) is 5.56 Å². The summed E-state index contributed by atoms with van der Waals surface area (Å²) in [6, 6.07) is 5.96. The Morgan fingerprint density at radius 1 is 1.13 bits per heavy atom. The highest BCUT2D eigenvalue weighted by molar-refractivity contribution is 7.97. The maximum absolute atomic E-state index is 13.8. The third-order valence-corrected chi connectivity index (χ3v) is 5.05. The summed E-state index contributed by atoms with van der Waals surface area (Å²) in [4.78, 5) is 8.15. The van der Waals surface area contributed by atoms with Gasteiger partial charge in [0, 0.05) is 23.0 Å². The number of hydrogen-bond donors (Lipinski definition) is 4. The minimum atomic E-state index is -4.56. The molecule has 11 heteroatoms. The monoisotopic (exact) mass is 437 g/mol. The second-order valence-electron chi connectivity index (χ2n) is 7.72. The molecule has 0 aliphatic carbocycles. The predicted octanol–water partition coefficient (Wildman–Crippen LogP) is 4.91. The minimum Gasteiger partial charge on any atom is -0.368 e. The van der Waals surface area contributed by atoms with E-state index in [2.05, 4.69) is 30.2 Å². The number of halogens is 3. The molecule has 0 spiro atoms. The molecule has 0 atom stereocenters. The van der Waals surface area contributed by atoms with E-state index >= 15 is 0 Å². The van der Waals surface area contributed by atoms with Crippen molar-refractivity contribution >= 4 is 29.5 Å². The summed E-state index contributed by atoms with van der Waals surface area (Å²) in [7, 11) is 0. The molecule has 0 saturated carbocycles. The fraction of sp³-hybridized carbons (Fsp3) is 0.316. The van der Waals surface area contributed by atoms with Crippen molar-refractivity contribution in [2.75, 3.05) is 11.1 Å². The molecule has 0 amide bonds. The van der Waals surface area contributed by atoms with E-state index in [1.165, 1.54) is 18.1 Å². The van der Waals surface area contributed by atoms with Crippen LogP contribution in [-0.4, -0.2) is 25.7 Å². The molecule has 3 aromatic rings. The SMILES string of the molecule is Cc1cc(Nc2n[nH]c(N)n2)cc(C(F)(F)F)c1-c1ccc(SNC(C)(C)C)nc1. The van der Waals surface area contributed by atoms with Gasteiger partial charge in [-0.15, -0.1) is 5.10 Å². The van der Waals surface area contributed by atoms with E-state index in [0.29, 0.717) is 16.2 Å². The third kappa shape index (κ3) is 5.42. The van der Waals surface area contributed by atoms with Crippen LogP contribution in [0.25, 0.3) is 11.1 Å². The number of nitrogens with two attached hydrogens (primary N) is 1. The number of nitrogens with zero attached hydrogens (tertiary/aromatic N) is 3. The Morgan fingerprint density at radius 3 is 2.40 bits per heavy atom. The summed E-state index contributed by atoms with van der Waals surface area (Å²) >= 11 is 1.33. The van der Waals surface area contributed by atoms with Crippen molar-refractivity contribution in [1.29, 1.82) is 0 Å². The van der Waals surface area contributed by atoms with E-state index in [9.17, 15) is 13.2 Å². The van der Waals surface area contributed by atoms with Crippen LogP contribution in [-0.2, 0) is 6.18 Å². The molecule has 0 radical (unpaired) electrons. The highest BCUT2D eigenvalue weighted by Gasteiger charge is 2.35. The summed E-state index contributed by atoms with van der Waals surface area (Å²) in [5.41, 5.74) is 5.66. The van der Waals surface area contributed by atoms with Crippen molar-refractivity contribution in [2.45, 2.75) is 44.4 Å². The fourth-order valence-electron chi connectivity index (χ4n) is 2.72. The number of nitrogen functional groups attached to an aromatic ring is 1. The van der Waals surface area contributed by atoms with Crippen LogP contribution in [0.3, 0.4) is 0 Å². The predicted molar refractivity (Wildman–Crippen MR) is 112 cm³/mol. The number of anilines is 3. The molecular formula is C19H22F3N7S. The normalized spacial score (nSPS) is 12.2. The Bertz CT molecular complexity index is 1020. The third-order valence-electron chi connectivity index (χ3n) is 3.89. The lowest BCUT2D eigenvalue weighted by atomic mass is 9.95. The van der Waals surface area contributed by atoms with Gasteiger partial charge in [0.1, 0.15) is 5.03 Å². The molecule has 7 nitrogen and oxygen atoms in total. The van der Waals surface area contributed by atoms with Gasteiger partial charge in [-0.25, -0.2) is 10.1 Å². The van der Waals surface area contributed by atoms with E-state index in [0.717, 1.165) is 6.07 Å². The van der Waals surface area contributed by atoms with E-state index in [1.807, 2.05) is 20.8 Å². The molecule has 3 rings (SSSR count). The molecule has 2 aromatic heterocycles. The average molecular weight is 437 g/mol. The van der Waals surface area contributed by atoms with Crippen molar-refractivity contribution in [3.05, 3.63) is 41.6 Å². The number of hydrogen-bond acceptors (Lipinski definition) is 7. The lowest BCUT2D eigenvalue weighted by Crippen LogP contribution is -2.29. The van der Waals surface area contributed by atoms with Crippen LogP contribution in [0.5, 0.6) is 0 Å². The van der Waals surface area contributed by atoms with Crippen LogP contribution in [0.4, 0.5) is 30.8 Å². The Morgan fingerprint density at radius 2 is 1.87 bits per heavy atom. The van der Waals surface area contributed by atoms with Crippen molar-refractivity contribution in [3.63, 3.8) is 0 Å². The van der Waals surface area contributed by atoms with Crippen LogP contribution >= 0.6 is 11.9 Å². The van der Waals surface area contributed by atoms with Gasteiger partial charge in [0.25, 0.3) is 0 Å². The summed E-state index contributed by atoms with van der Waals surface area (Å²) in [5.74, 6) is 0.147. The van der Waals surface area contributed by atoms with Crippen molar-refractivity contribution in [1.82, 2.24) is 24.9 Å². The molecule has 0 aliphatic rings. The number of rotatable bonds is 5. The Balaban J connectivity index is 1.95. The second-order valence-corrected chi connectivity index (χ2v) is 8.55. The molecular weight excluding hydrogens is 415 g/mol. The number of benzene rings is 1. The highest BCUT2D eigenvalue weighted by atomic mass is 32.2. The number of aromatic amines is 1. The van der Waals surface area contributed by atoms with Crippen molar-refractivity contribution < 1.29 is 13.2 Å². The maximum atomic E-state index is 13.8. The molecule has 0 bridgehead atoms. The van der Waals surface area contributed by atoms with Crippen LogP contribution < -0.4 is 15.8 Å². The zero-order chi connectivity index (χ0) is 22.1. The average Bonchev–Trinajstić information content (AvgIpc) is 3.03. The lowest BCUT2D eigenvalue weighted by Gasteiger charge is -2.19. The summed E-state index contributed by atoms with van der Waals surface area (Å²) in [6.07, 6.45) is -3.11. The Labute approximate surface area is 176 Å². The molecule has 160 valence electrons. The van der Waals surface area contributed by atoms with Gasteiger partial charge < -0.3 is 11.1 Å². The van der Waals surface area contributed by atoms with E-state index in [-0.39, 0.29) is 28.7 Å². The quantitative estimate of drug-likeness (QED) is 0.420. The molecule has 1 aromatic carbocycles. The molecule has 0 aliphatic heterocycles. The number of aryl methyl sites for hydroxylation is 1. The van der Waals surface area contributed by atoms with E-state index in [1.54, 1.807) is 25.1 Å². The van der Waals surface area contributed by atoms with Gasteiger partial charge in [-0.3, -0.25) is 4.72 Å². The van der Waals surface area contributed by atoms with Crippen LogP contribution in [0.15, 0.2) is 35.5 Å². The van der Waals surface area contributed by atoms with Crippen molar-refractivity contribution in [2.24, 2.45) is 0 Å².